The topological polar surface area (TPSA) is 92.9 Å². The van der Waals surface area contributed by atoms with Gasteiger partial charge in [0.25, 0.3) is 10.2 Å². The maximum absolute atomic E-state index is 11.7. The Balaban J connectivity index is 2.39. The van der Waals surface area contributed by atoms with E-state index >= 15 is 0 Å². The van der Waals surface area contributed by atoms with E-state index in [1.54, 1.807) is 4.90 Å². The van der Waals surface area contributed by atoms with E-state index in [9.17, 15) is 13.2 Å². The molecule has 17 heavy (non-hydrogen) atoms. The Kier molecular flexibility index (Phi) is 4.87. The minimum absolute atomic E-state index is 0.00431. The highest BCUT2D eigenvalue weighted by Crippen LogP contribution is 2.05. The molecule has 100 valence electrons. The van der Waals surface area contributed by atoms with Crippen LogP contribution >= 0.6 is 0 Å². The fourth-order valence-corrected chi connectivity index (χ4v) is 2.19. The van der Waals surface area contributed by atoms with Crippen molar-refractivity contribution in [2.75, 3.05) is 32.8 Å². The number of piperazine rings is 1. The summed E-state index contributed by atoms with van der Waals surface area (Å²) in [4.78, 5) is 13.2. The second-order valence-electron chi connectivity index (χ2n) is 4.18. The van der Waals surface area contributed by atoms with Crippen molar-refractivity contribution in [3.63, 3.8) is 0 Å². The molecule has 0 aromatic heterocycles. The predicted molar refractivity (Wildman–Crippen MR) is 62.3 cm³/mol. The second-order valence-corrected chi connectivity index (χ2v) is 5.73. The summed E-state index contributed by atoms with van der Waals surface area (Å²) in [6.07, 6.45) is 0.00431. The van der Waals surface area contributed by atoms with Crippen molar-refractivity contribution in [3.8, 4) is 0 Å². The fraction of sp³-hybridized carbons (Fsp3) is 0.889. The van der Waals surface area contributed by atoms with Crippen molar-refractivity contribution in [1.29, 1.82) is 0 Å². The molecule has 1 saturated heterocycles. The number of ether oxygens (including phenoxy) is 1. The summed E-state index contributed by atoms with van der Waals surface area (Å²) in [5.41, 5.74) is 0. The highest BCUT2D eigenvalue weighted by Gasteiger charge is 2.26. The average molecular weight is 265 g/mol. The Hall–Kier alpha value is -0.700. The summed E-state index contributed by atoms with van der Waals surface area (Å²) in [6, 6.07) is 0. The van der Waals surface area contributed by atoms with Crippen LogP contribution in [0.25, 0.3) is 0 Å². The molecule has 0 aliphatic carbocycles. The zero-order chi connectivity index (χ0) is 13.1. The molecule has 7 nitrogen and oxygen atoms in total. The molecular weight excluding hydrogens is 246 g/mol. The van der Waals surface area contributed by atoms with Crippen molar-refractivity contribution in [2.45, 2.75) is 20.0 Å². The summed E-state index contributed by atoms with van der Waals surface area (Å²) in [6.45, 7) is 4.94. The lowest BCUT2D eigenvalue weighted by Gasteiger charge is -2.33. The fourth-order valence-electron chi connectivity index (χ4n) is 1.52. The minimum atomic E-state index is -3.64. The molecule has 1 heterocycles. The summed E-state index contributed by atoms with van der Waals surface area (Å²) >= 11 is 0. The first-order valence-electron chi connectivity index (χ1n) is 5.48. The Labute approximate surface area is 102 Å². The van der Waals surface area contributed by atoms with E-state index in [0.29, 0.717) is 13.1 Å². The van der Waals surface area contributed by atoms with E-state index in [1.165, 1.54) is 4.31 Å². The lowest BCUT2D eigenvalue weighted by molar-refractivity contribution is -0.138. The molecule has 0 bridgehead atoms. The molecule has 1 aliphatic rings. The van der Waals surface area contributed by atoms with Crippen molar-refractivity contribution in [2.24, 2.45) is 5.14 Å². The van der Waals surface area contributed by atoms with Crippen LogP contribution in [0.5, 0.6) is 0 Å². The molecule has 8 heteroatoms. The highest BCUT2D eigenvalue weighted by molar-refractivity contribution is 7.86. The van der Waals surface area contributed by atoms with Gasteiger partial charge in [-0.3, -0.25) is 4.79 Å². The van der Waals surface area contributed by atoms with Crippen molar-refractivity contribution >= 4 is 16.1 Å². The quantitative estimate of drug-likeness (QED) is 0.688. The van der Waals surface area contributed by atoms with Crippen LogP contribution in [0.2, 0.25) is 0 Å². The summed E-state index contributed by atoms with van der Waals surface area (Å²) in [7, 11) is -3.64. The zero-order valence-corrected chi connectivity index (χ0v) is 10.9. The zero-order valence-electron chi connectivity index (χ0n) is 10.1. The van der Waals surface area contributed by atoms with Crippen molar-refractivity contribution < 1.29 is 17.9 Å². The standard InChI is InChI=1S/C9H19N3O4S/c1-8(2)16-7-9(13)11-3-5-12(6-4-11)17(10,14)15/h8H,3-7H2,1-2H3,(H2,10,14,15). The van der Waals surface area contributed by atoms with Crippen LogP contribution in [0.4, 0.5) is 0 Å². The normalized spacial score (nSPS) is 18.7. The van der Waals surface area contributed by atoms with Gasteiger partial charge in [0.05, 0.1) is 6.10 Å². The summed E-state index contributed by atoms with van der Waals surface area (Å²) < 4.78 is 28.5. The van der Waals surface area contributed by atoms with Crippen molar-refractivity contribution in [3.05, 3.63) is 0 Å². The van der Waals surface area contributed by atoms with Crippen molar-refractivity contribution in [1.82, 2.24) is 9.21 Å². The predicted octanol–water partition coefficient (Wildman–Crippen LogP) is -1.24. The van der Waals surface area contributed by atoms with Gasteiger partial charge >= 0.3 is 0 Å². The number of amides is 1. The van der Waals surface area contributed by atoms with Gasteiger partial charge in [-0.15, -0.1) is 0 Å². The number of rotatable bonds is 4. The third-order valence-corrected chi connectivity index (χ3v) is 3.58. The average Bonchev–Trinajstić information content (AvgIpc) is 2.25. The third kappa shape index (κ3) is 4.58. The SMILES string of the molecule is CC(C)OCC(=O)N1CCN(S(N)(=O)=O)CC1. The molecule has 0 spiro atoms. The largest absolute Gasteiger partial charge is 0.369 e. The molecule has 0 aromatic carbocycles. The molecule has 1 rings (SSSR count). The van der Waals surface area contributed by atoms with E-state index < -0.39 is 10.2 Å². The van der Waals surface area contributed by atoms with Gasteiger partial charge in [0.2, 0.25) is 5.91 Å². The van der Waals surface area contributed by atoms with E-state index in [1.807, 2.05) is 13.8 Å². The number of carbonyl (C=O) groups is 1. The summed E-state index contributed by atoms with van der Waals surface area (Å²) in [5, 5.41) is 5.00. The molecule has 0 saturated carbocycles. The van der Waals surface area contributed by atoms with Crippen LogP contribution in [-0.4, -0.2) is 62.4 Å². The Morgan fingerprint density at radius 3 is 2.24 bits per heavy atom. The lowest BCUT2D eigenvalue weighted by atomic mass is 10.3. The molecule has 0 aromatic rings. The van der Waals surface area contributed by atoms with E-state index in [4.69, 9.17) is 9.88 Å². The molecule has 0 atom stereocenters. The first-order valence-corrected chi connectivity index (χ1v) is 6.98. The van der Waals surface area contributed by atoms with E-state index in [2.05, 4.69) is 0 Å². The first-order chi connectivity index (χ1) is 7.80. The molecule has 1 amide bonds. The van der Waals surface area contributed by atoms with Gasteiger partial charge in [0, 0.05) is 26.2 Å². The van der Waals surface area contributed by atoms with Gasteiger partial charge < -0.3 is 9.64 Å². The number of carbonyl (C=O) groups excluding carboxylic acids is 1. The monoisotopic (exact) mass is 265 g/mol. The maximum atomic E-state index is 11.7. The van der Waals surface area contributed by atoms with Gasteiger partial charge in [-0.25, -0.2) is 5.14 Å². The number of hydrogen-bond acceptors (Lipinski definition) is 4. The Morgan fingerprint density at radius 1 is 1.29 bits per heavy atom. The van der Waals surface area contributed by atoms with Crippen LogP contribution in [0.1, 0.15) is 13.8 Å². The van der Waals surface area contributed by atoms with Crippen LogP contribution in [-0.2, 0) is 19.7 Å². The Morgan fingerprint density at radius 2 is 1.82 bits per heavy atom. The molecule has 0 unspecified atom stereocenters. The minimum Gasteiger partial charge on any atom is -0.369 e. The third-order valence-electron chi connectivity index (χ3n) is 2.49. The van der Waals surface area contributed by atoms with Gasteiger partial charge in [-0.1, -0.05) is 0 Å². The molecule has 1 fully saturated rings. The number of hydrogen-bond donors (Lipinski definition) is 1. The molecule has 2 N–H and O–H groups in total. The molecular formula is C9H19N3O4S. The van der Waals surface area contributed by atoms with E-state index in [0.717, 1.165) is 0 Å². The first kappa shape index (κ1) is 14.4. The van der Waals surface area contributed by atoms with Crippen LogP contribution in [0, 0.1) is 0 Å². The van der Waals surface area contributed by atoms with Gasteiger partial charge in [0.1, 0.15) is 6.61 Å². The second kappa shape index (κ2) is 5.76. The van der Waals surface area contributed by atoms with Crippen LogP contribution < -0.4 is 5.14 Å². The molecule has 0 radical (unpaired) electrons. The van der Waals surface area contributed by atoms with Crippen LogP contribution in [0.3, 0.4) is 0 Å². The van der Waals surface area contributed by atoms with Crippen LogP contribution in [0.15, 0.2) is 0 Å². The summed E-state index contributed by atoms with van der Waals surface area (Å²) in [5.74, 6) is -0.118. The van der Waals surface area contributed by atoms with E-state index in [-0.39, 0.29) is 31.7 Å². The maximum Gasteiger partial charge on any atom is 0.277 e. The number of nitrogens with two attached hydrogens (primary N) is 1. The Bertz CT molecular complexity index is 360. The smallest absolute Gasteiger partial charge is 0.277 e. The van der Waals surface area contributed by atoms with Gasteiger partial charge in [0.15, 0.2) is 0 Å². The highest BCUT2D eigenvalue weighted by atomic mass is 32.2. The van der Waals surface area contributed by atoms with Gasteiger partial charge in [-0.2, -0.15) is 12.7 Å². The van der Waals surface area contributed by atoms with Gasteiger partial charge in [-0.05, 0) is 13.8 Å². The lowest BCUT2D eigenvalue weighted by Crippen LogP contribution is -2.52. The molecule has 1 aliphatic heterocycles. The number of nitrogens with zero attached hydrogens (tertiary/aromatic N) is 2.